The Hall–Kier alpha value is -2.71. The highest BCUT2D eigenvalue weighted by Crippen LogP contribution is 2.27. The molecule has 27 heavy (non-hydrogen) atoms. The highest BCUT2D eigenvalue weighted by atomic mass is 32.2. The SMILES string of the molecule is COC(=O)c1ccc(CSc2ncc(CO)n2Cc2ccccc2OC)o1. The number of benzene rings is 1. The number of methoxy groups -OCH3 is 2. The third-order valence-electron chi connectivity index (χ3n) is 3.98. The van der Waals surface area contributed by atoms with Crippen LogP contribution in [0, 0.1) is 0 Å². The van der Waals surface area contributed by atoms with Gasteiger partial charge in [0.1, 0.15) is 11.5 Å². The largest absolute Gasteiger partial charge is 0.496 e. The fourth-order valence-corrected chi connectivity index (χ4v) is 3.50. The minimum absolute atomic E-state index is 0.115. The van der Waals surface area contributed by atoms with E-state index in [0.29, 0.717) is 23.8 Å². The molecule has 3 aromatic rings. The number of nitrogens with zero attached hydrogens (tertiary/aromatic N) is 2. The van der Waals surface area contributed by atoms with Gasteiger partial charge >= 0.3 is 5.97 Å². The number of para-hydroxylation sites is 1. The van der Waals surface area contributed by atoms with E-state index in [1.807, 2.05) is 28.8 Å². The Kier molecular flexibility index (Phi) is 6.20. The van der Waals surface area contributed by atoms with Gasteiger partial charge in [-0.3, -0.25) is 0 Å². The molecule has 0 saturated carbocycles. The van der Waals surface area contributed by atoms with E-state index in [-0.39, 0.29) is 12.4 Å². The van der Waals surface area contributed by atoms with E-state index in [4.69, 9.17) is 9.15 Å². The van der Waals surface area contributed by atoms with Crippen LogP contribution in [0.5, 0.6) is 5.75 Å². The van der Waals surface area contributed by atoms with Gasteiger partial charge in [0.25, 0.3) is 0 Å². The zero-order valence-corrected chi connectivity index (χ0v) is 15.9. The van der Waals surface area contributed by atoms with Crippen LogP contribution in [0.1, 0.15) is 27.6 Å². The topological polar surface area (TPSA) is 86.7 Å². The van der Waals surface area contributed by atoms with Crippen molar-refractivity contribution in [1.29, 1.82) is 0 Å². The minimum Gasteiger partial charge on any atom is -0.496 e. The fourth-order valence-electron chi connectivity index (χ4n) is 2.61. The summed E-state index contributed by atoms with van der Waals surface area (Å²) >= 11 is 1.46. The molecule has 0 atom stereocenters. The lowest BCUT2D eigenvalue weighted by Crippen LogP contribution is -2.07. The lowest BCUT2D eigenvalue weighted by molar-refractivity contribution is 0.0563. The summed E-state index contributed by atoms with van der Waals surface area (Å²) in [5.74, 6) is 1.57. The number of carbonyl (C=O) groups is 1. The van der Waals surface area contributed by atoms with Crippen LogP contribution in [-0.4, -0.2) is 34.8 Å². The van der Waals surface area contributed by atoms with Gasteiger partial charge in [-0.15, -0.1) is 0 Å². The first kappa shape index (κ1) is 19.1. The number of imidazole rings is 1. The lowest BCUT2D eigenvalue weighted by Gasteiger charge is -2.13. The molecular formula is C19H20N2O5S. The first-order chi connectivity index (χ1) is 13.2. The Morgan fingerprint density at radius 1 is 1.26 bits per heavy atom. The van der Waals surface area contributed by atoms with Crippen LogP contribution in [0.3, 0.4) is 0 Å². The number of hydrogen-bond donors (Lipinski definition) is 1. The zero-order valence-electron chi connectivity index (χ0n) is 15.0. The Balaban J connectivity index is 1.77. The normalized spacial score (nSPS) is 10.8. The van der Waals surface area contributed by atoms with Gasteiger partial charge in [-0.2, -0.15) is 0 Å². The van der Waals surface area contributed by atoms with Crippen molar-refractivity contribution in [3.05, 3.63) is 65.4 Å². The molecule has 0 bridgehead atoms. The van der Waals surface area contributed by atoms with E-state index in [0.717, 1.165) is 16.5 Å². The Morgan fingerprint density at radius 3 is 2.81 bits per heavy atom. The summed E-state index contributed by atoms with van der Waals surface area (Å²) in [7, 11) is 2.94. The molecule has 0 unspecified atom stereocenters. The van der Waals surface area contributed by atoms with Crippen molar-refractivity contribution in [2.45, 2.75) is 24.1 Å². The van der Waals surface area contributed by atoms with E-state index >= 15 is 0 Å². The van der Waals surface area contributed by atoms with Gasteiger partial charge in [-0.25, -0.2) is 9.78 Å². The maximum atomic E-state index is 11.5. The second-order valence-electron chi connectivity index (χ2n) is 5.63. The summed E-state index contributed by atoms with van der Waals surface area (Å²) in [5, 5.41) is 10.4. The molecule has 8 heteroatoms. The number of hydrogen-bond acceptors (Lipinski definition) is 7. The predicted octanol–water partition coefficient (Wildman–Crippen LogP) is 3.10. The Morgan fingerprint density at radius 2 is 2.07 bits per heavy atom. The van der Waals surface area contributed by atoms with Crippen LogP contribution in [-0.2, 0) is 23.6 Å². The summed E-state index contributed by atoms with van der Waals surface area (Å²) in [4.78, 5) is 15.9. The molecule has 1 aromatic carbocycles. The summed E-state index contributed by atoms with van der Waals surface area (Å²) in [6.45, 7) is 0.407. The number of aliphatic hydroxyl groups is 1. The average molecular weight is 388 g/mol. The maximum Gasteiger partial charge on any atom is 0.373 e. The zero-order chi connectivity index (χ0) is 19.2. The van der Waals surface area contributed by atoms with Crippen molar-refractivity contribution in [1.82, 2.24) is 9.55 Å². The van der Waals surface area contributed by atoms with E-state index in [9.17, 15) is 9.90 Å². The van der Waals surface area contributed by atoms with Crippen molar-refractivity contribution in [2.24, 2.45) is 0 Å². The molecular weight excluding hydrogens is 368 g/mol. The molecule has 2 heterocycles. The molecule has 0 amide bonds. The second kappa shape index (κ2) is 8.79. The van der Waals surface area contributed by atoms with E-state index < -0.39 is 5.97 Å². The number of carbonyl (C=O) groups excluding carboxylic acids is 1. The quantitative estimate of drug-likeness (QED) is 0.469. The second-order valence-corrected chi connectivity index (χ2v) is 6.58. The molecule has 0 radical (unpaired) electrons. The van der Waals surface area contributed by atoms with Crippen LogP contribution in [0.15, 0.2) is 52.2 Å². The van der Waals surface area contributed by atoms with Gasteiger partial charge in [-0.05, 0) is 18.2 Å². The first-order valence-electron chi connectivity index (χ1n) is 8.23. The summed E-state index contributed by atoms with van der Waals surface area (Å²) < 4.78 is 17.5. The van der Waals surface area contributed by atoms with Gasteiger partial charge in [0, 0.05) is 5.56 Å². The van der Waals surface area contributed by atoms with Crippen LogP contribution >= 0.6 is 11.8 Å². The molecule has 0 aliphatic rings. The number of rotatable bonds is 8. The van der Waals surface area contributed by atoms with Crippen LogP contribution in [0.4, 0.5) is 0 Å². The number of aromatic nitrogens is 2. The average Bonchev–Trinajstić information content (AvgIpc) is 3.33. The molecule has 7 nitrogen and oxygen atoms in total. The number of ether oxygens (including phenoxy) is 2. The number of thioether (sulfide) groups is 1. The summed E-state index contributed by atoms with van der Waals surface area (Å²) in [5.41, 5.74) is 1.69. The lowest BCUT2D eigenvalue weighted by atomic mass is 10.2. The molecule has 0 aliphatic heterocycles. The molecule has 1 N–H and O–H groups in total. The Labute approximate surface area is 160 Å². The van der Waals surface area contributed by atoms with Gasteiger partial charge in [0.15, 0.2) is 5.16 Å². The minimum atomic E-state index is -0.508. The number of esters is 1. The smallest absolute Gasteiger partial charge is 0.373 e. The van der Waals surface area contributed by atoms with Gasteiger partial charge in [0.2, 0.25) is 5.76 Å². The van der Waals surface area contributed by atoms with Crippen molar-refractivity contribution in [3.63, 3.8) is 0 Å². The van der Waals surface area contributed by atoms with Crippen molar-refractivity contribution in [2.75, 3.05) is 14.2 Å². The van der Waals surface area contributed by atoms with Crippen LogP contribution in [0.25, 0.3) is 0 Å². The van der Waals surface area contributed by atoms with E-state index in [1.54, 1.807) is 25.4 Å². The van der Waals surface area contributed by atoms with Crippen LogP contribution in [0.2, 0.25) is 0 Å². The van der Waals surface area contributed by atoms with Crippen molar-refractivity contribution >= 4 is 17.7 Å². The number of aliphatic hydroxyl groups excluding tert-OH is 1. The van der Waals surface area contributed by atoms with Crippen molar-refractivity contribution < 1.29 is 23.8 Å². The van der Waals surface area contributed by atoms with E-state index in [2.05, 4.69) is 9.72 Å². The third-order valence-corrected chi connectivity index (χ3v) is 4.99. The highest BCUT2D eigenvalue weighted by Gasteiger charge is 2.15. The predicted molar refractivity (Wildman–Crippen MR) is 99.9 cm³/mol. The van der Waals surface area contributed by atoms with E-state index in [1.165, 1.54) is 18.9 Å². The summed E-state index contributed by atoms with van der Waals surface area (Å²) in [6.07, 6.45) is 1.65. The van der Waals surface area contributed by atoms with Crippen LogP contribution < -0.4 is 4.74 Å². The Bertz CT molecular complexity index is 918. The van der Waals surface area contributed by atoms with Gasteiger partial charge in [0.05, 0.1) is 45.0 Å². The highest BCUT2D eigenvalue weighted by molar-refractivity contribution is 7.98. The molecule has 142 valence electrons. The summed E-state index contributed by atoms with van der Waals surface area (Å²) in [6, 6.07) is 11.0. The molecule has 2 aromatic heterocycles. The number of furan rings is 1. The molecule has 3 rings (SSSR count). The first-order valence-corrected chi connectivity index (χ1v) is 9.21. The molecule has 0 aliphatic carbocycles. The molecule has 0 spiro atoms. The third kappa shape index (κ3) is 4.35. The van der Waals surface area contributed by atoms with Gasteiger partial charge in [-0.1, -0.05) is 30.0 Å². The maximum absolute atomic E-state index is 11.5. The molecule has 0 fully saturated rings. The standard InChI is InChI=1S/C19H20N2O5S/c1-24-16-6-4-3-5-13(16)10-21-14(11-22)9-20-19(21)27-12-15-7-8-17(26-15)18(23)25-2/h3-9,22H,10-12H2,1-2H3. The monoisotopic (exact) mass is 388 g/mol. The van der Waals surface area contributed by atoms with Crippen molar-refractivity contribution in [3.8, 4) is 5.75 Å². The molecule has 0 saturated heterocycles. The fraction of sp³-hybridized carbons (Fsp3) is 0.263. The van der Waals surface area contributed by atoms with Gasteiger partial charge < -0.3 is 23.6 Å².